The van der Waals surface area contributed by atoms with Gasteiger partial charge in [0.2, 0.25) is 0 Å². The van der Waals surface area contributed by atoms with Crippen molar-refractivity contribution in [1.29, 1.82) is 0 Å². The minimum Gasteiger partial charge on any atom is -0.496 e. The Kier molecular flexibility index (Phi) is 3.94. The van der Waals surface area contributed by atoms with Crippen molar-refractivity contribution in [2.45, 2.75) is 18.1 Å². The van der Waals surface area contributed by atoms with Gasteiger partial charge < -0.3 is 9.47 Å². The van der Waals surface area contributed by atoms with Crippen LogP contribution in [0.25, 0.3) is 0 Å². The van der Waals surface area contributed by atoms with Crippen LogP contribution in [0.15, 0.2) is 18.2 Å². The fraction of sp³-hybridized carbons (Fsp3) is 0.462. The van der Waals surface area contributed by atoms with E-state index in [1.165, 1.54) is 0 Å². The van der Waals surface area contributed by atoms with E-state index in [2.05, 4.69) is 0 Å². The molecule has 1 aliphatic rings. The number of benzene rings is 1. The molecule has 1 unspecified atom stereocenters. The van der Waals surface area contributed by atoms with Gasteiger partial charge in [-0.25, -0.2) is 0 Å². The molecule has 0 spiro atoms. The molecule has 1 saturated heterocycles. The van der Waals surface area contributed by atoms with E-state index in [1.54, 1.807) is 38.1 Å². The lowest BCUT2D eigenvalue weighted by atomic mass is 10.0. The molecule has 1 aromatic rings. The summed E-state index contributed by atoms with van der Waals surface area (Å²) in [5, 5.41) is 0.0557. The average Bonchev–Trinajstić information content (AvgIpc) is 2.90. The first-order valence-electron chi connectivity index (χ1n) is 5.64. The largest absolute Gasteiger partial charge is 0.496 e. The fourth-order valence-corrected chi connectivity index (χ4v) is 3.26. The summed E-state index contributed by atoms with van der Waals surface area (Å²) in [6.45, 7) is 0. The van der Waals surface area contributed by atoms with Gasteiger partial charge in [-0.1, -0.05) is 6.07 Å². The highest BCUT2D eigenvalue weighted by atomic mass is 32.2. The van der Waals surface area contributed by atoms with Crippen molar-refractivity contribution in [3.05, 3.63) is 23.8 Å². The van der Waals surface area contributed by atoms with Gasteiger partial charge in [0, 0.05) is 0 Å². The number of thioether (sulfide) groups is 1. The molecule has 0 bridgehead atoms. The Morgan fingerprint density at radius 2 is 1.94 bits per heavy atom. The number of carbonyl (C=O) groups excluding carboxylic acids is 1. The Labute approximate surface area is 105 Å². The Bertz CT molecular complexity index is 389. The summed E-state index contributed by atoms with van der Waals surface area (Å²) in [6, 6.07) is 5.43. The van der Waals surface area contributed by atoms with E-state index in [0.29, 0.717) is 17.1 Å². The van der Waals surface area contributed by atoms with Crippen LogP contribution in [0.2, 0.25) is 0 Å². The summed E-state index contributed by atoms with van der Waals surface area (Å²) in [7, 11) is 3.15. The third-order valence-electron chi connectivity index (χ3n) is 2.90. The number of carbonyl (C=O) groups is 1. The van der Waals surface area contributed by atoms with Crippen LogP contribution in [0.3, 0.4) is 0 Å². The van der Waals surface area contributed by atoms with Crippen molar-refractivity contribution in [1.82, 2.24) is 0 Å². The molecule has 0 N–H and O–H groups in total. The van der Waals surface area contributed by atoms with E-state index in [-0.39, 0.29) is 11.0 Å². The van der Waals surface area contributed by atoms with Gasteiger partial charge in [-0.2, -0.15) is 11.8 Å². The van der Waals surface area contributed by atoms with E-state index >= 15 is 0 Å². The molecule has 0 amide bonds. The normalized spacial score (nSPS) is 19.1. The number of hydrogen-bond donors (Lipinski definition) is 0. The smallest absolute Gasteiger partial charge is 0.183 e. The summed E-state index contributed by atoms with van der Waals surface area (Å²) in [5.74, 6) is 2.39. The van der Waals surface area contributed by atoms with Gasteiger partial charge in [0.15, 0.2) is 5.78 Å². The summed E-state index contributed by atoms with van der Waals surface area (Å²) >= 11 is 1.72. The summed E-state index contributed by atoms with van der Waals surface area (Å²) in [4.78, 5) is 12.4. The van der Waals surface area contributed by atoms with Crippen LogP contribution >= 0.6 is 11.8 Å². The number of rotatable bonds is 4. The molecule has 4 heteroatoms. The van der Waals surface area contributed by atoms with Crippen LogP contribution in [0.4, 0.5) is 0 Å². The molecule has 92 valence electrons. The van der Waals surface area contributed by atoms with Gasteiger partial charge in [-0.3, -0.25) is 4.79 Å². The SMILES string of the molecule is COc1cccc(OC)c1C(=O)C1CCCS1. The van der Waals surface area contributed by atoms with Gasteiger partial charge in [0.25, 0.3) is 0 Å². The minimum absolute atomic E-state index is 0.0557. The van der Waals surface area contributed by atoms with Crippen molar-refractivity contribution >= 4 is 17.5 Å². The summed E-state index contributed by atoms with van der Waals surface area (Å²) in [6.07, 6.45) is 2.06. The fourth-order valence-electron chi connectivity index (χ4n) is 2.04. The highest BCUT2D eigenvalue weighted by Gasteiger charge is 2.29. The van der Waals surface area contributed by atoms with Gasteiger partial charge in [0.1, 0.15) is 17.1 Å². The lowest BCUT2D eigenvalue weighted by Gasteiger charge is -2.14. The molecule has 17 heavy (non-hydrogen) atoms. The zero-order valence-corrected chi connectivity index (χ0v) is 10.9. The third-order valence-corrected chi connectivity index (χ3v) is 4.27. The lowest BCUT2D eigenvalue weighted by molar-refractivity contribution is 0.0982. The number of Topliss-reactive ketones (excluding diaryl/α,β-unsaturated/α-hetero) is 1. The Morgan fingerprint density at radius 1 is 1.29 bits per heavy atom. The molecule has 0 aromatic heterocycles. The minimum atomic E-state index is 0.0557. The van der Waals surface area contributed by atoms with Gasteiger partial charge in [-0.15, -0.1) is 0 Å². The molecule has 1 aromatic carbocycles. The maximum Gasteiger partial charge on any atom is 0.183 e. The van der Waals surface area contributed by atoms with Gasteiger partial charge >= 0.3 is 0 Å². The molecule has 1 aliphatic heterocycles. The lowest BCUT2D eigenvalue weighted by Crippen LogP contribution is -2.16. The average molecular weight is 252 g/mol. The van der Waals surface area contributed by atoms with E-state index in [9.17, 15) is 4.79 Å². The molecule has 0 aliphatic carbocycles. The van der Waals surface area contributed by atoms with E-state index in [4.69, 9.17) is 9.47 Å². The Morgan fingerprint density at radius 3 is 2.41 bits per heavy atom. The number of ether oxygens (including phenoxy) is 2. The van der Waals surface area contributed by atoms with Crippen molar-refractivity contribution in [3.63, 3.8) is 0 Å². The topological polar surface area (TPSA) is 35.5 Å². The second-order valence-electron chi connectivity index (χ2n) is 3.90. The van der Waals surface area contributed by atoms with Crippen LogP contribution < -0.4 is 9.47 Å². The van der Waals surface area contributed by atoms with Crippen LogP contribution in [0, 0.1) is 0 Å². The highest BCUT2D eigenvalue weighted by Crippen LogP contribution is 2.35. The first-order valence-corrected chi connectivity index (χ1v) is 6.69. The van der Waals surface area contributed by atoms with E-state index in [0.717, 1.165) is 18.6 Å². The van der Waals surface area contributed by atoms with Crippen molar-refractivity contribution in [2.24, 2.45) is 0 Å². The van der Waals surface area contributed by atoms with E-state index in [1.807, 2.05) is 6.07 Å². The maximum atomic E-state index is 12.4. The molecule has 1 fully saturated rings. The number of methoxy groups -OCH3 is 2. The molecular formula is C13H16O3S. The van der Waals surface area contributed by atoms with Gasteiger partial charge in [0.05, 0.1) is 19.5 Å². The molecule has 0 radical (unpaired) electrons. The van der Waals surface area contributed by atoms with Crippen LogP contribution in [-0.4, -0.2) is 31.0 Å². The quantitative estimate of drug-likeness (QED) is 0.772. The van der Waals surface area contributed by atoms with Crippen molar-refractivity contribution in [2.75, 3.05) is 20.0 Å². The second-order valence-corrected chi connectivity index (χ2v) is 5.21. The molecule has 2 rings (SSSR count). The standard InChI is InChI=1S/C13H16O3S/c1-15-9-5-3-6-10(16-2)12(9)13(14)11-7-4-8-17-11/h3,5-6,11H,4,7-8H2,1-2H3. The molecule has 3 nitrogen and oxygen atoms in total. The molecule has 1 atom stereocenters. The zero-order valence-electron chi connectivity index (χ0n) is 10.1. The summed E-state index contributed by atoms with van der Waals surface area (Å²) in [5.41, 5.74) is 0.580. The number of ketones is 1. The van der Waals surface area contributed by atoms with Crippen molar-refractivity contribution in [3.8, 4) is 11.5 Å². The molecule has 0 saturated carbocycles. The van der Waals surface area contributed by atoms with Crippen molar-refractivity contribution < 1.29 is 14.3 Å². The first kappa shape index (κ1) is 12.3. The first-order chi connectivity index (χ1) is 8.27. The van der Waals surface area contributed by atoms with Crippen LogP contribution in [-0.2, 0) is 0 Å². The molecule has 1 heterocycles. The number of hydrogen-bond acceptors (Lipinski definition) is 4. The van der Waals surface area contributed by atoms with Crippen LogP contribution in [0.5, 0.6) is 11.5 Å². The predicted octanol–water partition coefficient (Wildman–Crippen LogP) is 2.78. The van der Waals surface area contributed by atoms with E-state index < -0.39 is 0 Å². The maximum absolute atomic E-state index is 12.4. The second kappa shape index (κ2) is 5.45. The molecular weight excluding hydrogens is 236 g/mol. The van der Waals surface area contributed by atoms with Crippen LogP contribution in [0.1, 0.15) is 23.2 Å². The monoisotopic (exact) mass is 252 g/mol. The third kappa shape index (κ3) is 2.41. The van der Waals surface area contributed by atoms with Gasteiger partial charge in [-0.05, 0) is 30.7 Å². The Balaban J connectivity index is 2.37. The summed E-state index contributed by atoms with van der Waals surface area (Å²) < 4.78 is 10.5. The Hall–Kier alpha value is -1.16. The zero-order chi connectivity index (χ0) is 12.3. The predicted molar refractivity (Wildman–Crippen MR) is 69.4 cm³/mol. The highest BCUT2D eigenvalue weighted by molar-refractivity contribution is 8.00.